The molecule has 4 aliphatic carbocycles. The molecule has 4 fully saturated rings. The van der Waals surface area contributed by atoms with E-state index in [1.807, 2.05) is 36.4 Å². The Hall–Kier alpha value is -7.32. The van der Waals surface area contributed by atoms with Crippen LogP contribution in [0.5, 0.6) is 23.0 Å². The van der Waals surface area contributed by atoms with Crippen molar-refractivity contribution in [3.63, 3.8) is 0 Å². The van der Waals surface area contributed by atoms with Crippen molar-refractivity contribution in [3.8, 4) is 23.0 Å². The Labute approximate surface area is 365 Å². The fraction of sp³-hybridized carbons (Fsp3) is 0.200. The summed E-state index contributed by atoms with van der Waals surface area (Å²) in [5, 5.41) is 0. The Bertz CT molecular complexity index is 2600. The van der Waals surface area contributed by atoms with Gasteiger partial charge in [0.2, 0.25) is 23.6 Å². The van der Waals surface area contributed by atoms with Gasteiger partial charge in [0.25, 0.3) is 0 Å². The number of benzene rings is 6. The van der Waals surface area contributed by atoms with Gasteiger partial charge in [-0.2, -0.15) is 0 Å². The molecule has 6 aromatic carbocycles. The van der Waals surface area contributed by atoms with Crippen molar-refractivity contribution in [3.05, 3.63) is 204 Å². The van der Waals surface area contributed by atoms with Gasteiger partial charge in [0.1, 0.15) is 23.0 Å². The molecule has 2 saturated heterocycles. The largest absolute Gasteiger partial charge is 0.457 e. The number of allylic oxidation sites excluding steroid dienone is 4. The second kappa shape index (κ2) is 14.4. The zero-order valence-electron chi connectivity index (χ0n) is 34.2. The number of amides is 4. The SMILES string of the molecule is O=C1C2C3C=CC(C3)C2C(=O)N1c1ccc(Oc2ccc(C(c3ccccc3)(c3ccccc3)c3ccc(Oc4ccc(N5C(=O)C6C7C=CC(C7)C6C5=O)cc4)cc3)cc2)cc1. The molecule has 63 heavy (non-hydrogen) atoms. The van der Waals surface area contributed by atoms with Crippen LogP contribution in [-0.2, 0) is 24.6 Å². The lowest BCUT2D eigenvalue weighted by molar-refractivity contribution is -0.124. The van der Waals surface area contributed by atoms with Gasteiger partial charge in [-0.1, -0.05) is 109 Å². The highest BCUT2D eigenvalue weighted by Crippen LogP contribution is 2.55. The van der Waals surface area contributed by atoms with Crippen LogP contribution in [0.15, 0.2) is 182 Å². The Morgan fingerprint density at radius 3 is 0.921 bits per heavy atom. The molecule has 8 heteroatoms. The van der Waals surface area contributed by atoms with Crippen LogP contribution in [0.2, 0.25) is 0 Å². The molecule has 0 N–H and O–H groups in total. The minimum atomic E-state index is -0.715. The normalized spacial score (nSPS) is 26.2. The number of carbonyl (C=O) groups excluding carboxylic acids is 4. The molecule has 12 rings (SSSR count). The maximum atomic E-state index is 13.4. The lowest BCUT2D eigenvalue weighted by Crippen LogP contribution is -2.32. The van der Waals surface area contributed by atoms with E-state index in [1.54, 1.807) is 48.5 Å². The van der Waals surface area contributed by atoms with Crippen molar-refractivity contribution >= 4 is 35.0 Å². The van der Waals surface area contributed by atoms with E-state index in [2.05, 4.69) is 97.1 Å². The van der Waals surface area contributed by atoms with Crippen molar-refractivity contribution < 1.29 is 28.7 Å². The molecule has 8 atom stereocenters. The molecule has 6 aromatic rings. The van der Waals surface area contributed by atoms with Gasteiger partial charge in [0.05, 0.1) is 40.5 Å². The highest BCUT2D eigenvalue weighted by Gasteiger charge is 2.60. The van der Waals surface area contributed by atoms with Crippen LogP contribution in [-0.4, -0.2) is 23.6 Å². The average molecular weight is 827 g/mol. The second-order valence-corrected chi connectivity index (χ2v) is 17.7. The molecule has 308 valence electrons. The minimum absolute atomic E-state index is 0.0959. The summed E-state index contributed by atoms with van der Waals surface area (Å²) in [4.78, 5) is 56.3. The number of anilines is 2. The predicted molar refractivity (Wildman–Crippen MR) is 238 cm³/mol. The number of imide groups is 2. The topological polar surface area (TPSA) is 93.2 Å². The van der Waals surface area contributed by atoms with E-state index in [9.17, 15) is 19.2 Å². The molecule has 8 unspecified atom stereocenters. The number of carbonyl (C=O) groups is 4. The van der Waals surface area contributed by atoms with Crippen molar-refractivity contribution in [1.29, 1.82) is 0 Å². The molecule has 4 bridgehead atoms. The summed E-state index contributed by atoms with van der Waals surface area (Å²) in [6.45, 7) is 0. The third-order valence-electron chi connectivity index (χ3n) is 14.6. The molecular formula is C55H42N2O6. The van der Waals surface area contributed by atoms with E-state index in [-0.39, 0.29) is 71.0 Å². The van der Waals surface area contributed by atoms with Crippen molar-refractivity contribution in [2.45, 2.75) is 18.3 Å². The Morgan fingerprint density at radius 1 is 0.349 bits per heavy atom. The summed E-state index contributed by atoms with van der Waals surface area (Å²) in [6.07, 6.45) is 10.2. The molecule has 2 heterocycles. The summed E-state index contributed by atoms with van der Waals surface area (Å²) in [5.74, 6) is 1.78. The molecule has 4 amide bonds. The van der Waals surface area contributed by atoms with Gasteiger partial charge in [0, 0.05) is 0 Å². The number of fused-ring (bicyclic) bond motifs is 10. The maximum absolute atomic E-state index is 13.4. The number of ether oxygens (including phenoxy) is 2. The fourth-order valence-electron chi connectivity index (χ4n) is 11.8. The third-order valence-corrected chi connectivity index (χ3v) is 14.6. The van der Waals surface area contributed by atoms with Crippen molar-refractivity contribution in [2.24, 2.45) is 47.3 Å². The van der Waals surface area contributed by atoms with Crippen LogP contribution in [0.4, 0.5) is 11.4 Å². The molecule has 2 saturated carbocycles. The van der Waals surface area contributed by atoms with Crippen molar-refractivity contribution in [2.75, 3.05) is 9.80 Å². The third kappa shape index (κ3) is 5.73. The quantitative estimate of drug-likeness (QED) is 0.0776. The second-order valence-electron chi connectivity index (χ2n) is 17.7. The first-order chi connectivity index (χ1) is 30.9. The van der Waals surface area contributed by atoms with Crippen LogP contribution in [0.25, 0.3) is 0 Å². The first kappa shape index (κ1) is 37.4. The molecule has 0 radical (unpaired) electrons. The summed E-state index contributed by atoms with van der Waals surface area (Å²) in [6, 6.07) is 51.6. The van der Waals surface area contributed by atoms with Gasteiger partial charge in [-0.05, 0) is 132 Å². The molecule has 8 nitrogen and oxygen atoms in total. The minimum Gasteiger partial charge on any atom is -0.457 e. The van der Waals surface area contributed by atoms with Gasteiger partial charge < -0.3 is 9.47 Å². The van der Waals surface area contributed by atoms with Crippen LogP contribution in [0.3, 0.4) is 0 Å². The van der Waals surface area contributed by atoms with E-state index < -0.39 is 5.41 Å². The first-order valence-electron chi connectivity index (χ1n) is 21.9. The molecule has 6 aliphatic rings. The van der Waals surface area contributed by atoms with E-state index in [0.29, 0.717) is 34.4 Å². The van der Waals surface area contributed by atoms with E-state index in [4.69, 9.17) is 9.47 Å². The molecule has 0 spiro atoms. The highest BCUT2D eigenvalue weighted by molar-refractivity contribution is 6.23. The monoisotopic (exact) mass is 826 g/mol. The van der Waals surface area contributed by atoms with Crippen LogP contribution in [0.1, 0.15) is 35.1 Å². The smallest absolute Gasteiger partial charge is 0.238 e. The summed E-state index contributed by atoms with van der Waals surface area (Å²) < 4.78 is 12.7. The van der Waals surface area contributed by atoms with Gasteiger partial charge in [-0.15, -0.1) is 0 Å². The van der Waals surface area contributed by atoms with E-state index in [0.717, 1.165) is 35.1 Å². The predicted octanol–water partition coefficient (Wildman–Crippen LogP) is 10.3. The standard InChI is InChI=1S/C55H42N2O6/c58-51-47-33-11-12-34(31-33)48(47)52(59)56(51)41-19-27-45(28-20-41)62-43-23-15-39(16-24-43)55(37-7-3-1-4-8-37,38-9-5-2-6-10-38)40-17-25-44(26-18-40)63-46-29-21-42(22-30-46)57-53(60)49-35-13-14-36(32-35)50(49)54(57)61/h1-30,33-36,47-50H,31-32H2. The van der Waals surface area contributed by atoms with Crippen LogP contribution >= 0.6 is 0 Å². The number of hydrogen-bond acceptors (Lipinski definition) is 6. The van der Waals surface area contributed by atoms with Crippen LogP contribution < -0.4 is 19.3 Å². The van der Waals surface area contributed by atoms with Gasteiger partial charge in [-0.25, -0.2) is 0 Å². The summed E-state index contributed by atoms with van der Waals surface area (Å²) >= 11 is 0. The number of nitrogens with zero attached hydrogens (tertiary/aromatic N) is 2. The average Bonchev–Trinajstić information content (AvgIpc) is 4.20. The zero-order valence-corrected chi connectivity index (χ0v) is 34.2. The van der Waals surface area contributed by atoms with E-state index in [1.165, 1.54) is 9.80 Å². The lowest BCUT2D eigenvalue weighted by Gasteiger charge is -2.37. The number of hydrogen-bond donors (Lipinski definition) is 0. The lowest BCUT2D eigenvalue weighted by atomic mass is 9.65. The highest BCUT2D eigenvalue weighted by atomic mass is 16.5. The first-order valence-corrected chi connectivity index (χ1v) is 21.9. The molecular weight excluding hydrogens is 785 g/mol. The molecule has 2 aliphatic heterocycles. The summed E-state index contributed by atoms with van der Waals surface area (Å²) in [7, 11) is 0. The van der Waals surface area contributed by atoms with Gasteiger partial charge in [-0.3, -0.25) is 29.0 Å². The van der Waals surface area contributed by atoms with Crippen LogP contribution in [0, 0.1) is 47.3 Å². The summed E-state index contributed by atoms with van der Waals surface area (Å²) in [5.41, 5.74) is 4.67. The van der Waals surface area contributed by atoms with Crippen molar-refractivity contribution in [1.82, 2.24) is 0 Å². The van der Waals surface area contributed by atoms with Gasteiger partial charge >= 0.3 is 0 Å². The Kier molecular flexibility index (Phi) is 8.55. The Balaban J connectivity index is 0.806. The zero-order chi connectivity index (χ0) is 42.4. The Morgan fingerprint density at radius 2 is 0.619 bits per heavy atom. The fourth-order valence-corrected chi connectivity index (χ4v) is 11.8. The number of rotatable bonds is 10. The molecule has 0 aromatic heterocycles. The van der Waals surface area contributed by atoms with Gasteiger partial charge in [0.15, 0.2) is 0 Å². The van der Waals surface area contributed by atoms with E-state index >= 15 is 0 Å². The maximum Gasteiger partial charge on any atom is 0.238 e.